The van der Waals surface area contributed by atoms with Crippen LogP contribution < -0.4 is 5.32 Å². The van der Waals surface area contributed by atoms with Gasteiger partial charge in [0.05, 0.1) is 6.10 Å². The number of hydrogen-bond acceptors (Lipinski definition) is 3. The second kappa shape index (κ2) is 5.53. The first-order chi connectivity index (χ1) is 7.37. The zero-order chi connectivity index (χ0) is 12.2. The van der Waals surface area contributed by atoms with Gasteiger partial charge < -0.3 is 15.2 Å². The number of rotatable bonds is 1. The van der Waals surface area contributed by atoms with Crippen LogP contribution in [0.2, 0.25) is 0 Å². The highest BCUT2D eigenvalue weighted by molar-refractivity contribution is 5.68. The molecule has 0 radical (unpaired) electrons. The van der Waals surface area contributed by atoms with Crippen LogP contribution in [0.4, 0.5) is 4.79 Å². The van der Waals surface area contributed by atoms with Crippen LogP contribution in [0.3, 0.4) is 0 Å². The van der Waals surface area contributed by atoms with E-state index in [0.29, 0.717) is 6.42 Å². The first-order valence-corrected chi connectivity index (χ1v) is 6.04. The fraction of sp³-hybridized carbons (Fsp3) is 0.917. The lowest BCUT2D eigenvalue weighted by Crippen LogP contribution is -2.40. The van der Waals surface area contributed by atoms with Crippen molar-refractivity contribution < 1.29 is 14.6 Å². The highest BCUT2D eigenvalue weighted by Gasteiger charge is 2.22. The Hall–Kier alpha value is -0.770. The Morgan fingerprint density at radius 3 is 2.56 bits per heavy atom. The summed E-state index contributed by atoms with van der Waals surface area (Å²) in [4.78, 5) is 11.5. The standard InChI is InChI=1S/C12H23NO3/c1-12(2,3)16-11(15)13-9-6-4-5-7-10(14)8-9/h9-10,14H,4-8H2,1-3H3,(H,13,15)/t9?,10-/m0/s1. The fourth-order valence-electron chi connectivity index (χ4n) is 1.94. The van der Waals surface area contributed by atoms with E-state index >= 15 is 0 Å². The number of hydrogen-bond donors (Lipinski definition) is 2. The number of ether oxygens (including phenoxy) is 1. The van der Waals surface area contributed by atoms with Crippen molar-refractivity contribution in [3.05, 3.63) is 0 Å². The molecule has 94 valence electrons. The molecule has 0 saturated heterocycles. The van der Waals surface area contributed by atoms with Gasteiger partial charge in [-0.3, -0.25) is 0 Å². The monoisotopic (exact) mass is 229 g/mol. The van der Waals surface area contributed by atoms with Crippen LogP contribution in [-0.4, -0.2) is 28.9 Å². The summed E-state index contributed by atoms with van der Waals surface area (Å²) >= 11 is 0. The maximum Gasteiger partial charge on any atom is 0.407 e. The van der Waals surface area contributed by atoms with Crippen LogP contribution in [0, 0.1) is 0 Å². The normalized spacial score (nSPS) is 27.0. The molecule has 0 aromatic carbocycles. The maximum atomic E-state index is 11.5. The van der Waals surface area contributed by atoms with Gasteiger partial charge in [-0.25, -0.2) is 4.79 Å². The lowest BCUT2D eigenvalue weighted by molar-refractivity contribution is 0.0485. The minimum atomic E-state index is -0.465. The lowest BCUT2D eigenvalue weighted by Gasteiger charge is -2.23. The minimum Gasteiger partial charge on any atom is -0.444 e. The van der Waals surface area contributed by atoms with Crippen LogP contribution in [0.5, 0.6) is 0 Å². The van der Waals surface area contributed by atoms with E-state index in [1.165, 1.54) is 0 Å². The number of aliphatic hydroxyl groups excluding tert-OH is 1. The van der Waals surface area contributed by atoms with E-state index in [9.17, 15) is 9.90 Å². The van der Waals surface area contributed by atoms with Gasteiger partial charge in [0, 0.05) is 6.04 Å². The smallest absolute Gasteiger partial charge is 0.407 e. The topological polar surface area (TPSA) is 58.6 Å². The summed E-state index contributed by atoms with van der Waals surface area (Å²) in [5, 5.41) is 12.4. The predicted molar refractivity (Wildman–Crippen MR) is 62.2 cm³/mol. The largest absolute Gasteiger partial charge is 0.444 e. The van der Waals surface area contributed by atoms with E-state index in [-0.39, 0.29) is 18.2 Å². The van der Waals surface area contributed by atoms with Gasteiger partial charge in [-0.05, 0) is 40.0 Å². The Balaban J connectivity index is 2.37. The number of nitrogens with one attached hydrogen (secondary N) is 1. The van der Waals surface area contributed by atoms with E-state index in [4.69, 9.17) is 4.74 Å². The molecule has 1 unspecified atom stereocenters. The van der Waals surface area contributed by atoms with Crippen LogP contribution in [-0.2, 0) is 4.74 Å². The van der Waals surface area contributed by atoms with Gasteiger partial charge >= 0.3 is 6.09 Å². The molecule has 0 aromatic rings. The van der Waals surface area contributed by atoms with Crippen molar-refractivity contribution in [3.8, 4) is 0 Å². The first kappa shape index (κ1) is 13.3. The highest BCUT2D eigenvalue weighted by atomic mass is 16.6. The molecule has 0 bridgehead atoms. The summed E-state index contributed by atoms with van der Waals surface area (Å²) in [5.74, 6) is 0. The van der Waals surface area contributed by atoms with Crippen molar-refractivity contribution in [2.75, 3.05) is 0 Å². The summed E-state index contributed by atoms with van der Waals surface area (Å²) in [7, 11) is 0. The molecule has 4 nitrogen and oxygen atoms in total. The molecule has 2 atom stereocenters. The van der Waals surface area contributed by atoms with Crippen LogP contribution in [0.15, 0.2) is 0 Å². The van der Waals surface area contributed by atoms with Gasteiger partial charge in [0.25, 0.3) is 0 Å². The van der Waals surface area contributed by atoms with Crippen LogP contribution in [0.25, 0.3) is 0 Å². The molecule has 0 heterocycles. The zero-order valence-corrected chi connectivity index (χ0v) is 10.5. The van der Waals surface area contributed by atoms with Crippen molar-refractivity contribution in [1.29, 1.82) is 0 Å². The van der Waals surface area contributed by atoms with Crippen molar-refractivity contribution >= 4 is 6.09 Å². The van der Waals surface area contributed by atoms with E-state index < -0.39 is 5.60 Å². The van der Waals surface area contributed by atoms with Gasteiger partial charge in [-0.15, -0.1) is 0 Å². The molecular formula is C12H23NO3. The number of amides is 1. The number of alkyl carbamates (subject to hydrolysis) is 1. The number of aliphatic hydroxyl groups is 1. The molecule has 0 spiro atoms. The second-order valence-corrected chi connectivity index (χ2v) is 5.52. The third-order valence-electron chi connectivity index (χ3n) is 2.62. The van der Waals surface area contributed by atoms with Crippen LogP contribution >= 0.6 is 0 Å². The molecule has 2 N–H and O–H groups in total. The third kappa shape index (κ3) is 5.35. The summed E-state index contributed by atoms with van der Waals surface area (Å²) < 4.78 is 5.18. The summed E-state index contributed by atoms with van der Waals surface area (Å²) in [5.41, 5.74) is -0.465. The molecule has 16 heavy (non-hydrogen) atoms. The summed E-state index contributed by atoms with van der Waals surface area (Å²) in [6.45, 7) is 5.53. The Morgan fingerprint density at radius 2 is 1.94 bits per heavy atom. The van der Waals surface area contributed by atoms with E-state index in [1.54, 1.807) is 0 Å². The molecule has 1 amide bonds. The fourth-order valence-corrected chi connectivity index (χ4v) is 1.94. The first-order valence-electron chi connectivity index (χ1n) is 6.04. The molecule has 1 fully saturated rings. The van der Waals surface area contributed by atoms with Gasteiger partial charge in [0.1, 0.15) is 5.60 Å². The quantitative estimate of drug-likeness (QED) is 0.678. The third-order valence-corrected chi connectivity index (χ3v) is 2.62. The van der Waals surface area contributed by atoms with Gasteiger partial charge in [0.2, 0.25) is 0 Å². The average Bonchev–Trinajstić information content (AvgIpc) is 2.26. The van der Waals surface area contributed by atoms with Crippen LogP contribution in [0.1, 0.15) is 52.9 Å². The SMILES string of the molecule is CC(C)(C)OC(=O)NC1CCCC[C@H](O)C1. The number of carbonyl (C=O) groups excluding carboxylic acids is 1. The zero-order valence-electron chi connectivity index (χ0n) is 10.5. The molecule has 0 aliphatic heterocycles. The van der Waals surface area contributed by atoms with E-state index in [2.05, 4.69) is 5.32 Å². The summed E-state index contributed by atoms with van der Waals surface area (Å²) in [6, 6.07) is 0.0485. The Morgan fingerprint density at radius 1 is 1.31 bits per heavy atom. The second-order valence-electron chi connectivity index (χ2n) is 5.52. The highest BCUT2D eigenvalue weighted by Crippen LogP contribution is 2.18. The van der Waals surface area contributed by atoms with Gasteiger partial charge in [0.15, 0.2) is 0 Å². The van der Waals surface area contributed by atoms with Crippen molar-refractivity contribution in [3.63, 3.8) is 0 Å². The predicted octanol–water partition coefficient (Wildman–Crippen LogP) is 2.20. The Kier molecular flexibility index (Phi) is 4.59. The summed E-state index contributed by atoms with van der Waals surface area (Å²) in [6.07, 6.45) is 3.82. The molecule has 1 aliphatic carbocycles. The average molecular weight is 229 g/mol. The van der Waals surface area contributed by atoms with E-state index in [1.807, 2.05) is 20.8 Å². The number of carbonyl (C=O) groups is 1. The van der Waals surface area contributed by atoms with E-state index in [0.717, 1.165) is 25.7 Å². The van der Waals surface area contributed by atoms with Gasteiger partial charge in [-0.2, -0.15) is 0 Å². The molecule has 1 aliphatic rings. The lowest BCUT2D eigenvalue weighted by atomic mass is 10.1. The van der Waals surface area contributed by atoms with Gasteiger partial charge in [-0.1, -0.05) is 12.8 Å². The molecule has 4 heteroatoms. The maximum absolute atomic E-state index is 11.5. The van der Waals surface area contributed by atoms with Crippen molar-refractivity contribution in [1.82, 2.24) is 5.32 Å². The Bertz CT molecular complexity index is 235. The molecule has 1 rings (SSSR count). The van der Waals surface area contributed by atoms with Crippen molar-refractivity contribution in [2.24, 2.45) is 0 Å². The molecule has 1 saturated carbocycles. The molecular weight excluding hydrogens is 206 g/mol. The van der Waals surface area contributed by atoms with Crippen molar-refractivity contribution in [2.45, 2.75) is 70.6 Å². The Labute approximate surface area is 97.4 Å². The molecule has 0 aromatic heterocycles. The minimum absolute atomic E-state index is 0.0485.